The second kappa shape index (κ2) is 2.31. The molecule has 0 aromatic carbocycles. The lowest BCUT2D eigenvalue weighted by molar-refractivity contribution is 0.243. The molecule has 0 aromatic heterocycles. The minimum absolute atomic E-state index is 0.148. The SMILES string of the molecule is CC1=C(S)CNC(=O)N1. The molecular formula is C5H8N2OS. The number of amides is 2. The molecule has 0 aromatic rings. The van der Waals surface area contributed by atoms with Crippen molar-refractivity contribution in [1.29, 1.82) is 0 Å². The number of nitrogens with one attached hydrogen (secondary N) is 2. The fourth-order valence-corrected chi connectivity index (χ4v) is 0.718. The molecule has 1 rings (SSSR count). The minimum Gasteiger partial charge on any atom is -0.333 e. The standard InChI is InChI=1S/C5H8N2OS/c1-3-4(9)2-6-5(8)7-3/h9H,2H2,1H3,(H2,6,7,8). The number of carbonyl (C=O) groups is 1. The first-order valence-corrected chi connectivity index (χ1v) is 3.08. The molecule has 0 bridgehead atoms. The largest absolute Gasteiger partial charge is 0.333 e. The molecule has 0 spiro atoms. The van der Waals surface area contributed by atoms with E-state index in [9.17, 15) is 4.79 Å². The monoisotopic (exact) mass is 144 g/mol. The molecule has 3 nitrogen and oxygen atoms in total. The lowest BCUT2D eigenvalue weighted by Gasteiger charge is -2.15. The van der Waals surface area contributed by atoms with Gasteiger partial charge in [-0.2, -0.15) is 0 Å². The first kappa shape index (κ1) is 6.48. The molecule has 0 radical (unpaired) electrons. The summed E-state index contributed by atoms with van der Waals surface area (Å²) in [6.07, 6.45) is 0. The van der Waals surface area contributed by atoms with Crippen LogP contribution in [0.3, 0.4) is 0 Å². The van der Waals surface area contributed by atoms with Crippen molar-refractivity contribution in [1.82, 2.24) is 10.6 Å². The predicted octanol–water partition coefficient (Wildman–Crippen LogP) is 0.461. The van der Waals surface area contributed by atoms with E-state index in [1.54, 1.807) is 0 Å². The van der Waals surface area contributed by atoms with Gasteiger partial charge in [-0.15, -0.1) is 12.6 Å². The van der Waals surface area contributed by atoms with Crippen LogP contribution < -0.4 is 10.6 Å². The van der Waals surface area contributed by atoms with Crippen LogP contribution in [0.5, 0.6) is 0 Å². The third-order valence-electron chi connectivity index (χ3n) is 1.15. The molecule has 0 unspecified atom stereocenters. The van der Waals surface area contributed by atoms with Crippen LogP contribution >= 0.6 is 12.6 Å². The Morgan fingerprint density at radius 3 is 2.78 bits per heavy atom. The molecule has 1 aliphatic heterocycles. The van der Waals surface area contributed by atoms with E-state index in [1.807, 2.05) is 6.92 Å². The van der Waals surface area contributed by atoms with Crippen LogP contribution in [0, 0.1) is 0 Å². The quantitative estimate of drug-likeness (QED) is 0.425. The molecule has 4 heteroatoms. The second-order valence-corrected chi connectivity index (χ2v) is 2.42. The minimum atomic E-state index is -0.148. The summed E-state index contributed by atoms with van der Waals surface area (Å²) in [6.45, 7) is 2.36. The summed E-state index contributed by atoms with van der Waals surface area (Å²) in [5.74, 6) is 0. The molecule has 50 valence electrons. The van der Waals surface area contributed by atoms with Crippen LogP contribution in [-0.2, 0) is 0 Å². The zero-order chi connectivity index (χ0) is 6.85. The Morgan fingerprint density at radius 2 is 2.33 bits per heavy atom. The van der Waals surface area contributed by atoms with Crippen molar-refractivity contribution >= 4 is 18.7 Å². The number of allylic oxidation sites excluding steroid dienone is 1. The van der Waals surface area contributed by atoms with Crippen molar-refractivity contribution in [3.8, 4) is 0 Å². The van der Waals surface area contributed by atoms with Gasteiger partial charge in [0.15, 0.2) is 0 Å². The number of urea groups is 1. The van der Waals surface area contributed by atoms with Crippen LogP contribution in [0.2, 0.25) is 0 Å². The van der Waals surface area contributed by atoms with E-state index in [-0.39, 0.29) is 6.03 Å². The van der Waals surface area contributed by atoms with Gasteiger partial charge >= 0.3 is 6.03 Å². The number of hydrogen-bond donors (Lipinski definition) is 3. The lowest BCUT2D eigenvalue weighted by Crippen LogP contribution is -2.40. The highest BCUT2D eigenvalue weighted by Crippen LogP contribution is 2.06. The highest BCUT2D eigenvalue weighted by atomic mass is 32.1. The maximum Gasteiger partial charge on any atom is 0.319 e. The molecule has 2 amide bonds. The van der Waals surface area contributed by atoms with Crippen LogP contribution in [0.1, 0.15) is 6.92 Å². The third kappa shape index (κ3) is 1.38. The van der Waals surface area contributed by atoms with E-state index in [4.69, 9.17) is 0 Å². The van der Waals surface area contributed by atoms with Crippen molar-refractivity contribution in [3.05, 3.63) is 10.6 Å². The van der Waals surface area contributed by atoms with Gasteiger partial charge in [0.05, 0.1) is 6.54 Å². The van der Waals surface area contributed by atoms with Crippen LogP contribution in [0.4, 0.5) is 4.79 Å². The summed E-state index contributed by atoms with van der Waals surface area (Å²) < 4.78 is 0. The zero-order valence-electron chi connectivity index (χ0n) is 5.06. The molecule has 1 aliphatic rings. The average Bonchev–Trinajstić information content (AvgIpc) is 1.80. The summed E-state index contributed by atoms with van der Waals surface area (Å²) in [7, 11) is 0. The van der Waals surface area contributed by atoms with Gasteiger partial charge in [0.2, 0.25) is 0 Å². The smallest absolute Gasteiger partial charge is 0.319 e. The van der Waals surface area contributed by atoms with Gasteiger partial charge in [0, 0.05) is 10.6 Å². The maximum absolute atomic E-state index is 10.5. The highest BCUT2D eigenvalue weighted by Gasteiger charge is 2.09. The topological polar surface area (TPSA) is 41.1 Å². The van der Waals surface area contributed by atoms with Crippen molar-refractivity contribution in [2.75, 3.05) is 6.54 Å². The summed E-state index contributed by atoms with van der Waals surface area (Å²) in [4.78, 5) is 11.4. The number of carbonyl (C=O) groups excluding carboxylic acids is 1. The summed E-state index contributed by atoms with van der Waals surface area (Å²) >= 11 is 4.10. The van der Waals surface area contributed by atoms with E-state index >= 15 is 0 Å². The molecule has 0 saturated heterocycles. The molecule has 2 N–H and O–H groups in total. The van der Waals surface area contributed by atoms with Gasteiger partial charge in [0.1, 0.15) is 0 Å². The van der Waals surface area contributed by atoms with Crippen LogP contribution in [0.25, 0.3) is 0 Å². The summed E-state index contributed by atoms with van der Waals surface area (Å²) in [5, 5.41) is 5.16. The zero-order valence-corrected chi connectivity index (χ0v) is 5.96. The van der Waals surface area contributed by atoms with E-state index in [2.05, 4.69) is 23.3 Å². The number of thiol groups is 1. The van der Waals surface area contributed by atoms with E-state index in [1.165, 1.54) is 0 Å². The molecule has 9 heavy (non-hydrogen) atoms. The van der Waals surface area contributed by atoms with Crippen molar-refractivity contribution < 1.29 is 4.79 Å². The number of hydrogen-bond acceptors (Lipinski definition) is 2. The highest BCUT2D eigenvalue weighted by molar-refractivity contribution is 7.84. The first-order valence-electron chi connectivity index (χ1n) is 2.63. The molecule has 1 heterocycles. The predicted molar refractivity (Wildman–Crippen MR) is 38.2 cm³/mol. The Bertz CT molecular complexity index is 176. The molecule has 0 atom stereocenters. The molecule has 0 saturated carbocycles. The molecular weight excluding hydrogens is 136 g/mol. The lowest BCUT2D eigenvalue weighted by atomic mass is 10.4. The van der Waals surface area contributed by atoms with Crippen molar-refractivity contribution in [2.45, 2.75) is 6.92 Å². The van der Waals surface area contributed by atoms with Crippen molar-refractivity contribution in [2.24, 2.45) is 0 Å². The average molecular weight is 144 g/mol. The Hall–Kier alpha value is -0.640. The van der Waals surface area contributed by atoms with Gasteiger partial charge in [0.25, 0.3) is 0 Å². The molecule has 0 fully saturated rings. The Kier molecular flexibility index (Phi) is 1.66. The normalized spacial score (nSPS) is 19.1. The van der Waals surface area contributed by atoms with E-state index < -0.39 is 0 Å². The second-order valence-electron chi connectivity index (χ2n) is 1.88. The van der Waals surface area contributed by atoms with Crippen LogP contribution in [-0.4, -0.2) is 12.6 Å². The molecule has 0 aliphatic carbocycles. The van der Waals surface area contributed by atoms with Crippen molar-refractivity contribution in [3.63, 3.8) is 0 Å². The van der Waals surface area contributed by atoms with Gasteiger partial charge in [-0.25, -0.2) is 4.79 Å². The fourth-order valence-electron chi connectivity index (χ4n) is 0.583. The first-order chi connectivity index (χ1) is 4.20. The summed E-state index contributed by atoms with van der Waals surface area (Å²) in [6, 6.07) is -0.148. The summed E-state index contributed by atoms with van der Waals surface area (Å²) in [5.41, 5.74) is 0.835. The van der Waals surface area contributed by atoms with Crippen LogP contribution in [0.15, 0.2) is 10.6 Å². The van der Waals surface area contributed by atoms with Gasteiger partial charge in [-0.3, -0.25) is 0 Å². The Labute approximate surface area is 58.9 Å². The Balaban J connectivity index is 2.72. The van der Waals surface area contributed by atoms with E-state index in [0.29, 0.717) is 6.54 Å². The van der Waals surface area contributed by atoms with Gasteiger partial charge in [-0.1, -0.05) is 0 Å². The number of rotatable bonds is 0. The van der Waals surface area contributed by atoms with Gasteiger partial charge < -0.3 is 10.6 Å². The van der Waals surface area contributed by atoms with E-state index in [0.717, 1.165) is 10.6 Å². The third-order valence-corrected chi connectivity index (χ3v) is 1.64. The Morgan fingerprint density at radius 1 is 1.67 bits per heavy atom. The fraction of sp³-hybridized carbons (Fsp3) is 0.400. The van der Waals surface area contributed by atoms with Gasteiger partial charge in [-0.05, 0) is 6.92 Å². The maximum atomic E-state index is 10.5.